The highest BCUT2D eigenvalue weighted by atomic mass is 127. The van der Waals surface area contributed by atoms with E-state index in [1.807, 2.05) is 24.3 Å². The molecule has 2 aromatic rings. The fourth-order valence-corrected chi connectivity index (χ4v) is 2.57. The standard InChI is InChI=1S/C15H17ClINO2/c1-3-18-15(10-4-6-13(17)12(16)8-10)14-7-5-11(20-14)9-19-2/h4-8,15,18H,3,9H2,1-2H3. The molecule has 0 saturated carbocycles. The van der Waals surface area contributed by atoms with Gasteiger partial charge in [0.2, 0.25) is 0 Å². The van der Waals surface area contributed by atoms with Gasteiger partial charge in [0.1, 0.15) is 18.1 Å². The van der Waals surface area contributed by atoms with Crippen LogP contribution in [0.5, 0.6) is 0 Å². The third-order valence-corrected chi connectivity index (χ3v) is 4.51. The molecule has 1 aromatic carbocycles. The van der Waals surface area contributed by atoms with Gasteiger partial charge in [-0.05, 0) is 59.0 Å². The first-order chi connectivity index (χ1) is 9.65. The fraction of sp³-hybridized carbons (Fsp3) is 0.333. The summed E-state index contributed by atoms with van der Waals surface area (Å²) in [5.41, 5.74) is 1.09. The molecule has 0 spiro atoms. The number of rotatable bonds is 6. The number of nitrogens with one attached hydrogen (secondary N) is 1. The molecule has 0 aliphatic rings. The number of hydrogen-bond acceptors (Lipinski definition) is 3. The molecule has 1 N–H and O–H groups in total. The molecule has 108 valence electrons. The maximum atomic E-state index is 6.21. The van der Waals surface area contributed by atoms with E-state index in [-0.39, 0.29) is 6.04 Å². The van der Waals surface area contributed by atoms with E-state index in [1.54, 1.807) is 7.11 Å². The van der Waals surface area contributed by atoms with Gasteiger partial charge in [-0.3, -0.25) is 0 Å². The van der Waals surface area contributed by atoms with E-state index in [4.69, 9.17) is 20.8 Å². The quantitative estimate of drug-likeness (QED) is 0.724. The van der Waals surface area contributed by atoms with Crippen molar-refractivity contribution in [1.29, 1.82) is 0 Å². The van der Waals surface area contributed by atoms with Crippen LogP contribution < -0.4 is 5.32 Å². The Balaban J connectivity index is 2.31. The lowest BCUT2D eigenvalue weighted by atomic mass is 10.0. The van der Waals surface area contributed by atoms with Crippen LogP contribution in [0, 0.1) is 3.57 Å². The van der Waals surface area contributed by atoms with E-state index in [0.717, 1.165) is 32.2 Å². The lowest BCUT2D eigenvalue weighted by Crippen LogP contribution is -2.21. The Morgan fingerprint density at radius 2 is 2.15 bits per heavy atom. The Kier molecular flexibility index (Phi) is 5.89. The Labute approximate surface area is 137 Å². The summed E-state index contributed by atoms with van der Waals surface area (Å²) in [5, 5.41) is 4.18. The van der Waals surface area contributed by atoms with E-state index >= 15 is 0 Å². The van der Waals surface area contributed by atoms with E-state index in [0.29, 0.717) is 6.61 Å². The first kappa shape index (κ1) is 15.8. The number of hydrogen-bond donors (Lipinski definition) is 1. The molecule has 2 rings (SSSR count). The molecule has 0 amide bonds. The van der Waals surface area contributed by atoms with Crippen LogP contribution in [0.1, 0.15) is 30.0 Å². The third kappa shape index (κ3) is 3.75. The predicted molar refractivity (Wildman–Crippen MR) is 89.1 cm³/mol. The van der Waals surface area contributed by atoms with Crippen LogP contribution in [-0.4, -0.2) is 13.7 Å². The summed E-state index contributed by atoms with van der Waals surface area (Å²) in [6.45, 7) is 3.39. The molecule has 3 nitrogen and oxygen atoms in total. The molecule has 0 saturated heterocycles. The van der Waals surface area contributed by atoms with Gasteiger partial charge in [-0.1, -0.05) is 24.6 Å². The molecule has 5 heteroatoms. The first-order valence-corrected chi connectivity index (χ1v) is 7.87. The van der Waals surface area contributed by atoms with E-state index in [1.165, 1.54) is 0 Å². The highest BCUT2D eigenvalue weighted by Crippen LogP contribution is 2.28. The SMILES string of the molecule is CCNC(c1ccc(I)c(Cl)c1)c1ccc(COC)o1. The van der Waals surface area contributed by atoms with Gasteiger partial charge in [0.05, 0.1) is 11.1 Å². The van der Waals surface area contributed by atoms with Crippen LogP contribution in [0.4, 0.5) is 0 Å². The summed E-state index contributed by atoms with van der Waals surface area (Å²) in [6.07, 6.45) is 0. The van der Waals surface area contributed by atoms with Crippen molar-refractivity contribution < 1.29 is 9.15 Å². The molecular formula is C15H17ClINO2. The van der Waals surface area contributed by atoms with Gasteiger partial charge in [0.25, 0.3) is 0 Å². The van der Waals surface area contributed by atoms with Crippen LogP contribution in [0.25, 0.3) is 0 Å². The van der Waals surface area contributed by atoms with Gasteiger partial charge in [0, 0.05) is 10.7 Å². The molecule has 0 aliphatic carbocycles. The molecule has 20 heavy (non-hydrogen) atoms. The normalized spacial score (nSPS) is 12.6. The fourth-order valence-electron chi connectivity index (χ4n) is 2.05. The van der Waals surface area contributed by atoms with E-state index in [9.17, 15) is 0 Å². The summed E-state index contributed by atoms with van der Waals surface area (Å²) in [6, 6.07) is 9.99. The Hall–Kier alpha value is -0.560. The third-order valence-electron chi connectivity index (χ3n) is 2.94. The molecule has 1 unspecified atom stereocenters. The first-order valence-electron chi connectivity index (χ1n) is 6.41. The molecular weight excluding hydrogens is 389 g/mol. The smallest absolute Gasteiger partial charge is 0.129 e. The van der Waals surface area contributed by atoms with Gasteiger partial charge in [-0.25, -0.2) is 0 Å². The van der Waals surface area contributed by atoms with Crippen molar-refractivity contribution in [1.82, 2.24) is 5.32 Å². The van der Waals surface area contributed by atoms with Gasteiger partial charge in [0.15, 0.2) is 0 Å². The van der Waals surface area contributed by atoms with Crippen molar-refractivity contribution >= 4 is 34.2 Å². The van der Waals surface area contributed by atoms with Crippen molar-refractivity contribution in [2.45, 2.75) is 19.6 Å². The van der Waals surface area contributed by atoms with Crippen LogP contribution in [-0.2, 0) is 11.3 Å². The van der Waals surface area contributed by atoms with Gasteiger partial charge in [-0.2, -0.15) is 0 Å². The Bertz CT molecular complexity index is 571. The number of furan rings is 1. The molecule has 0 fully saturated rings. The number of ether oxygens (including phenoxy) is 1. The van der Waals surface area contributed by atoms with Crippen LogP contribution in [0.2, 0.25) is 5.02 Å². The lowest BCUT2D eigenvalue weighted by Gasteiger charge is -2.16. The maximum absolute atomic E-state index is 6.21. The zero-order chi connectivity index (χ0) is 14.5. The molecule has 0 radical (unpaired) electrons. The number of halogens is 2. The maximum Gasteiger partial charge on any atom is 0.129 e. The van der Waals surface area contributed by atoms with Gasteiger partial charge < -0.3 is 14.5 Å². The molecule has 0 aliphatic heterocycles. The lowest BCUT2D eigenvalue weighted by molar-refractivity contribution is 0.162. The van der Waals surface area contributed by atoms with Gasteiger partial charge in [-0.15, -0.1) is 0 Å². The second-order valence-corrected chi connectivity index (χ2v) is 5.97. The average Bonchev–Trinajstić information content (AvgIpc) is 2.88. The monoisotopic (exact) mass is 405 g/mol. The molecule has 1 heterocycles. The summed E-state index contributed by atoms with van der Waals surface area (Å²) in [4.78, 5) is 0. The zero-order valence-corrected chi connectivity index (χ0v) is 14.4. The number of benzene rings is 1. The minimum Gasteiger partial charge on any atom is -0.462 e. The molecule has 1 aromatic heterocycles. The van der Waals surface area contributed by atoms with Crippen molar-refractivity contribution in [2.24, 2.45) is 0 Å². The highest BCUT2D eigenvalue weighted by Gasteiger charge is 2.18. The summed E-state index contributed by atoms with van der Waals surface area (Å²) < 4.78 is 12.0. The predicted octanol–water partition coefficient (Wildman–Crippen LogP) is 4.38. The van der Waals surface area contributed by atoms with E-state index < -0.39 is 0 Å². The van der Waals surface area contributed by atoms with Gasteiger partial charge >= 0.3 is 0 Å². The summed E-state index contributed by atoms with van der Waals surface area (Å²) in [5.74, 6) is 1.69. The number of methoxy groups -OCH3 is 1. The largest absolute Gasteiger partial charge is 0.462 e. The minimum atomic E-state index is 0.0000983. The highest BCUT2D eigenvalue weighted by molar-refractivity contribution is 14.1. The molecule has 1 atom stereocenters. The van der Waals surface area contributed by atoms with Crippen molar-refractivity contribution in [3.8, 4) is 0 Å². The van der Waals surface area contributed by atoms with Crippen molar-refractivity contribution in [3.05, 3.63) is 56.0 Å². The Morgan fingerprint density at radius 1 is 1.35 bits per heavy atom. The topological polar surface area (TPSA) is 34.4 Å². The van der Waals surface area contributed by atoms with Crippen LogP contribution in [0.15, 0.2) is 34.7 Å². The second-order valence-electron chi connectivity index (χ2n) is 4.40. The second kappa shape index (κ2) is 7.45. The summed E-state index contributed by atoms with van der Waals surface area (Å²) >= 11 is 8.44. The summed E-state index contributed by atoms with van der Waals surface area (Å²) in [7, 11) is 1.66. The van der Waals surface area contributed by atoms with E-state index in [2.05, 4.69) is 40.9 Å². The minimum absolute atomic E-state index is 0.0000983. The Morgan fingerprint density at radius 3 is 2.80 bits per heavy atom. The molecule has 0 bridgehead atoms. The van der Waals surface area contributed by atoms with Crippen LogP contribution in [0.3, 0.4) is 0 Å². The van der Waals surface area contributed by atoms with Crippen molar-refractivity contribution in [3.63, 3.8) is 0 Å². The zero-order valence-electron chi connectivity index (χ0n) is 11.5. The average molecular weight is 406 g/mol. The van der Waals surface area contributed by atoms with Crippen molar-refractivity contribution in [2.75, 3.05) is 13.7 Å². The van der Waals surface area contributed by atoms with Crippen LogP contribution >= 0.6 is 34.2 Å².